The van der Waals surface area contributed by atoms with Gasteiger partial charge in [-0.05, 0) is 49.5 Å². The number of hydrogen-bond donors (Lipinski definition) is 1. The Morgan fingerprint density at radius 3 is 2.05 bits per heavy atom. The summed E-state index contributed by atoms with van der Waals surface area (Å²) < 4.78 is 0. The van der Waals surface area contributed by atoms with Gasteiger partial charge >= 0.3 is 0 Å². The quantitative estimate of drug-likeness (QED) is 0.453. The average Bonchev–Trinajstić information content (AvgIpc) is 2.49. The van der Waals surface area contributed by atoms with Crippen LogP contribution in [0.2, 0.25) is 0 Å². The summed E-state index contributed by atoms with van der Waals surface area (Å²) >= 11 is 0. The minimum atomic E-state index is 0.824. The zero-order chi connectivity index (χ0) is 15.5. The molecule has 0 aliphatic heterocycles. The van der Waals surface area contributed by atoms with Crippen LogP contribution in [0, 0.1) is 23.7 Å². The Hall–Kier alpha value is -0.0400. The van der Waals surface area contributed by atoms with E-state index in [1.54, 1.807) is 0 Å². The van der Waals surface area contributed by atoms with E-state index in [1.165, 1.54) is 77.0 Å². The number of nitrogens with two attached hydrogens (primary N) is 1. The van der Waals surface area contributed by atoms with E-state index in [0.717, 1.165) is 30.2 Å². The van der Waals surface area contributed by atoms with Crippen LogP contribution in [-0.4, -0.2) is 6.54 Å². The highest BCUT2D eigenvalue weighted by Gasteiger charge is 2.30. The average molecular weight is 296 g/mol. The first kappa shape index (κ1) is 19.0. The van der Waals surface area contributed by atoms with Crippen LogP contribution >= 0.6 is 0 Å². The summed E-state index contributed by atoms with van der Waals surface area (Å²) in [5.74, 6) is 3.58. The first-order chi connectivity index (χ1) is 10.2. The van der Waals surface area contributed by atoms with Crippen LogP contribution in [0.3, 0.4) is 0 Å². The summed E-state index contributed by atoms with van der Waals surface area (Å²) in [4.78, 5) is 0. The molecule has 0 heterocycles. The van der Waals surface area contributed by atoms with Gasteiger partial charge in [-0.3, -0.25) is 0 Å². The number of unbranched alkanes of at least 4 members (excludes halogenated alkanes) is 7. The normalized spacial score (nSPS) is 26.4. The van der Waals surface area contributed by atoms with Crippen LogP contribution in [0.25, 0.3) is 0 Å². The largest absolute Gasteiger partial charge is 0.330 e. The lowest BCUT2D eigenvalue weighted by Gasteiger charge is -2.37. The van der Waals surface area contributed by atoms with Crippen molar-refractivity contribution in [3.63, 3.8) is 0 Å². The highest BCUT2D eigenvalue weighted by molar-refractivity contribution is 4.82. The van der Waals surface area contributed by atoms with E-state index < -0.39 is 0 Å². The van der Waals surface area contributed by atoms with Gasteiger partial charge in [0.05, 0.1) is 0 Å². The van der Waals surface area contributed by atoms with Crippen molar-refractivity contribution < 1.29 is 0 Å². The lowest BCUT2D eigenvalue weighted by molar-refractivity contribution is 0.141. The van der Waals surface area contributed by atoms with Gasteiger partial charge in [0.2, 0.25) is 0 Å². The fourth-order valence-electron chi connectivity index (χ4n) is 4.17. The third kappa shape index (κ3) is 7.68. The third-order valence-corrected chi connectivity index (χ3v) is 5.85. The van der Waals surface area contributed by atoms with Crippen molar-refractivity contribution in [2.24, 2.45) is 29.4 Å². The monoisotopic (exact) mass is 295 g/mol. The predicted molar refractivity (Wildman–Crippen MR) is 95.4 cm³/mol. The standard InChI is InChI=1S/C20H41N/c1-4-5-6-7-8-9-10-11-12-19-15-18(17(2)3)13-14-20(19)16-21/h17-20H,4-16,21H2,1-3H3. The zero-order valence-corrected chi connectivity index (χ0v) is 15.1. The maximum absolute atomic E-state index is 6.01. The van der Waals surface area contributed by atoms with Gasteiger partial charge in [0, 0.05) is 0 Å². The molecule has 0 aromatic carbocycles. The molecule has 0 spiro atoms. The topological polar surface area (TPSA) is 26.0 Å². The molecule has 126 valence electrons. The van der Waals surface area contributed by atoms with Crippen LogP contribution in [0.15, 0.2) is 0 Å². The van der Waals surface area contributed by atoms with E-state index >= 15 is 0 Å². The van der Waals surface area contributed by atoms with Gasteiger partial charge in [-0.15, -0.1) is 0 Å². The van der Waals surface area contributed by atoms with E-state index in [0.29, 0.717) is 0 Å². The van der Waals surface area contributed by atoms with Crippen molar-refractivity contribution in [3.05, 3.63) is 0 Å². The van der Waals surface area contributed by atoms with Crippen molar-refractivity contribution in [2.45, 2.75) is 97.8 Å². The molecule has 0 amide bonds. The lowest BCUT2D eigenvalue weighted by atomic mass is 9.69. The van der Waals surface area contributed by atoms with Crippen LogP contribution in [0.1, 0.15) is 97.8 Å². The molecule has 1 heteroatoms. The molecule has 21 heavy (non-hydrogen) atoms. The molecule has 3 unspecified atom stereocenters. The predicted octanol–water partition coefficient (Wildman–Crippen LogP) is 6.16. The van der Waals surface area contributed by atoms with Gasteiger partial charge in [0.25, 0.3) is 0 Å². The SMILES string of the molecule is CCCCCCCCCCC1CC(C(C)C)CCC1CN. The lowest BCUT2D eigenvalue weighted by Crippen LogP contribution is -2.32. The van der Waals surface area contributed by atoms with Gasteiger partial charge in [0.1, 0.15) is 0 Å². The van der Waals surface area contributed by atoms with Crippen molar-refractivity contribution in [1.82, 2.24) is 0 Å². The van der Waals surface area contributed by atoms with Crippen molar-refractivity contribution in [1.29, 1.82) is 0 Å². The molecule has 0 saturated heterocycles. The molecule has 1 aliphatic carbocycles. The molecular formula is C20H41N. The molecule has 2 N–H and O–H groups in total. The second-order valence-corrected chi connectivity index (χ2v) is 7.84. The number of rotatable bonds is 11. The Kier molecular flexibility index (Phi) is 10.4. The van der Waals surface area contributed by atoms with E-state index in [-0.39, 0.29) is 0 Å². The van der Waals surface area contributed by atoms with E-state index in [4.69, 9.17) is 5.73 Å². The Bertz CT molecular complexity index is 236. The van der Waals surface area contributed by atoms with Crippen LogP contribution in [0.5, 0.6) is 0 Å². The molecule has 3 atom stereocenters. The summed E-state index contributed by atoms with van der Waals surface area (Å²) in [7, 11) is 0. The smallest absolute Gasteiger partial charge is 0.00462 e. The van der Waals surface area contributed by atoms with Gasteiger partial charge in [-0.25, -0.2) is 0 Å². The van der Waals surface area contributed by atoms with Crippen LogP contribution in [0.4, 0.5) is 0 Å². The molecule has 0 bridgehead atoms. The van der Waals surface area contributed by atoms with E-state index in [9.17, 15) is 0 Å². The zero-order valence-electron chi connectivity index (χ0n) is 15.1. The molecule has 0 aromatic heterocycles. The minimum absolute atomic E-state index is 0.824. The molecule has 1 fully saturated rings. The van der Waals surface area contributed by atoms with Crippen molar-refractivity contribution in [3.8, 4) is 0 Å². The molecule has 1 aliphatic rings. The summed E-state index contributed by atoms with van der Waals surface area (Å²) in [5, 5.41) is 0. The van der Waals surface area contributed by atoms with Crippen LogP contribution < -0.4 is 5.73 Å². The van der Waals surface area contributed by atoms with Crippen molar-refractivity contribution >= 4 is 0 Å². The second kappa shape index (κ2) is 11.5. The summed E-state index contributed by atoms with van der Waals surface area (Å²) in [5.41, 5.74) is 6.01. The molecule has 0 aromatic rings. The summed E-state index contributed by atoms with van der Waals surface area (Å²) in [6, 6.07) is 0. The Morgan fingerprint density at radius 2 is 1.48 bits per heavy atom. The first-order valence-corrected chi connectivity index (χ1v) is 9.89. The molecule has 1 nitrogen and oxygen atoms in total. The fourth-order valence-corrected chi connectivity index (χ4v) is 4.17. The van der Waals surface area contributed by atoms with Crippen molar-refractivity contribution in [2.75, 3.05) is 6.54 Å². The fraction of sp³-hybridized carbons (Fsp3) is 1.00. The molecule has 0 radical (unpaired) electrons. The molecule has 1 rings (SSSR count). The third-order valence-electron chi connectivity index (χ3n) is 5.85. The maximum Gasteiger partial charge on any atom is -0.00462 e. The Morgan fingerprint density at radius 1 is 0.857 bits per heavy atom. The highest BCUT2D eigenvalue weighted by Crippen LogP contribution is 2.39. The molecule has 1 saturated carbocycles. The Balaban J connectivity index is 2.13. The second-order valence-electron chi connectivity index (χ2n) is 7.84. The van der Waals surface area contributed by atoms with Crippen LogP contribution in [-0.2, 0) is 0 Å². The maximum atomic E-state index is 6.01. The summed E-state index contributed by atoms with van der Waals surface area (Å²) in [6.07, 6.45) is 17.2. The van der Waals surface area contributed by atoms with Gasteiger partial charge in [-0.1, -0.05) is 78.6 Å². The molecular weight excluding hydrogens is 254 g/mol. The summed E-state index contributed by atoms with van der Waals surface area (Å²) in [6.45, 7) is 8.02. The number of hydrogen-bond acceptors (Lipinski definition) is 1. The minimum Gasteiger partial charge on any atom is -0.330 e. The highest BCUT2D eigenvalue weighted by atomic mass is 14.6. The van der Waals surface area contributed by atoms with E-state index in [2.05, 4.69) is 20.8 Å². The van der Waals surface area contributed by atoms with Gasteiger partial charge in [0.15, 0.2) is 0 Å². The van der Waals surface area contributed by atoms with E-state index in [1.807, 2.05) is 0 Å². The Labute approximate surface area is 134 Å². The van der Waals surface area contributed by atoms with Gasteiger partial charge < -0.3 is 5.73 Å². The first-order valence-electron chi connectivity index (χ1n) is 9.89. The van der Waals surface area contributed by atoms with Gasteiger partial charge in [-0.2, -0.15) is 0 Å².